The summed E-state index contributed by atoms with van der Waals surface area (Å²) in [6, 6.07) is 5.03. The van der Waals surface area contributed by atoms with E-state index in [1.807, 2.05) is 13.0 Å². The fourth-order valence-corrected chi connectivity index (χ4v) is 2.48. The number of phenols is 1. The summed E-state index contributed by atoms with van der Waals surface area (Å²) < 4.78 is 0. The minimum atomic E-state index is -1.02. The van der Waals surface area contributed by atoms with Crippen LogP contribution in [0.1, 0.15) is 45.6 Å². The quantitative estimate of drug-likeness (QED) is 0.779. The molecule has 2 atom stereocenters. The molecule has 0 saturated heterocycles. The maximum Gasteiger partial charge on any atom is 0.404 e. The molecule has 0 radical (unpaired) electrons. The van der Waals surface area contributed by atoms with Gasteiger partial charge in [0.2, 0.25) is 0 Å². The topological polar surface area (TPSA) is 69.6 Å². The predicted octanol–water partition coefficient (Wildman–Crippen LogP) is 4.22. The first-order valence-electron chi connectivity index (χ1n) is 6.59. The summed E-state index contributed by atoms with van der Waals surface area (Å²) in [5.41, 5.74) is 0.896. The van der Waals surface area contributed by atoms with Crippen molar-refractivity contribution in [2.45, 2.75) is 46.1 Å². The first kappa shape index (κ1) is 16.6. The van der Waals surface area contributed by atoms with E-state index in [4.69, 9.17) is 16.7 Å². The molecule has 0 aliphatic carbocycles. The van der Waals surface area contributed by atoms with Crippen molar-refractivity contribution in [1.82, 2.24) is 5.32 Å². The monoisotopic (exact) mass is 299 g/mol. The summed E-state index contributed by atoms with van der Waals surface area (Å²) in [5.74, 6) is 0.157. The highest BCUT2D eigenvalue weighted by atomic mass is 35.5. The number of benzene rings is 1. The van der Waals surface area contributed by atoms with Gasteiger partial charge in [-0.2, -0.15) is 0 Å². The van der Waals surface area contributed by atoms with Crippen molar-refractivity contribution in [2.75, 3.05) is 0 Å². The van der Waals surface area contributed by atoms with E-state index in [0.29, 0.717) is 11.4 Å². The zero-order valence-electron chi connectivity index (χ0n) is 12.3. The van der Waals surface area contributed by atoms with E-state index in [1.165, 1.54) is 0 Å². The number of hydrogen-bond acceptors (Lipinski definition) is 2. The molecule has 1 rings (SSSR count). The van der Waals surface area contributed by atoms with Crippen LogP contribution in [0.3, 0.4) is 0 Å². The Morgan fingerprint density at radius 3 is 2.45 bits per heavy atom. The van der Waals surface area contributed by atoms with E-state index in [0.717, 1.165) is 5.56 Å². The fourth-order valence-electron chi connectivity index (χ4n) is 2.36. The number of amides is 1. The SMILES string of the molecule is C[C@@H](CC(c1ccc(Cl)c(O)c1)C(C)(C)C)NC(=O)O. The van der Waals surface area contributed by atoms with Crippen molar-refractivity contribution < 1.29 is 15.0 Å². The van der Waals surface area contributed by atoms with E-state index < -0.39 is 6.09 Å². The smallest absolute Gasteiger partial charge is 0.404 e. The molecule has 0 spiro atoms. The molecule has 1 unspecified atom stereocenters. The van der Waals surface area contributed by atoms with E-state index in [9.17, 15) is 9.90 Å². The number of rotatable bonds is 4. The number of carboxylic acid groups (broad SMARTS) is 1. The minimum absolute atomic E-state index is 0.0530. The molecule has 1 aromatic rings. The van der Waals surface area contributed by atoms with Crippen LogP contribution in [0.2, 0.25) is 5.02 Å². The Morgan fingerprint density at radius 1 is 1.40 bits per heavy atom. The van der Waals surface area contributed by atoms with Gasteiger partial charge in [0.1, 0.15) is 5.75 Å². The Hall–Kier alpha value is -1.42. The van der Waals surface area contributed by atoms with Crippen molar-refractivity contribution in [2.24, 2.45) is 5.41 Å². The lowest BCUT2D eigenvalue weighted by molar-refractivity contribution is 0.186. The maximum atomic E-state index is 10.7. The van der Waals surface area contributed by atoms with Crippen molar-refractivity contribution in [3.8, 4) is 5.75 Å². The molecule has 0 bridgehead atoms. The molecular formula is C15H22ClNO3. The molecular weight excluding hydrogens is 278 g/mol. The van der Waals surface area contributed by atoms with Crippen LogP contribution in [0, 0.1) is 5.41 Å². The molecule has 0 aliphatic heterocycles. The second-order valence-corrected chi connectivity index (χ2v) is 6.62. The van der Waals surface area contributed by atoms with Crippen molar-refractivity contribution >= 4 is 17.7 Å². The van der Waals surface area contributed by atoms with Gasteiger partial charge in [-0.1, -0.05) is 38.4 Å². The molecule has 4 nitrogen and oxygen atoms in total. The van der Waals surface area contributed by atoms with E-state index in [1.54, 1.807) is 12.1 Å². The summed E-state index contributed by atoms with van der Waals surface area (Å²) in [4.78, 5) is 10.7. The number of phenolic OH excluding ortho intramolecular Hbond substituents is 1. The number of nitrogens with one attached hydrogen (secondary N) is 1. The van der Waals surface area contributed by atoms with E-state index >= 15 is 0 Å². The number of hydrogen-bond donors (Lipinski definition) is 3. The molecule has 0 aromatic heterocycles. The molecule has 0 aliphatic rings. The van der Waals surface area contributed by atoms with Gasteiger partial charge < -0.3 is 15.5 Å². The van der Waals surface area contributed by atoms with Gasteiger partial charge in [0.05, 0.1) is 5.02 Å². The van der Waals surface area contributed by atoms with Crippen LogP contribution in [0.5, 0.6) is 5.75 Å². The Kier molecular flexibility index (Phi) is 5.28. The fraction of sp³-hybridized carbons (Fsp3) is 0.533. The normalized spacial score (nSPS) is 14.7. The number of halogens is 1. The van der Waals surface area contributed by atoms with Gasteiger partial charge in [-0.3, -0.25) is 0 Å². The number of aromatic hydroxyl groups is 1. The summed E-state index contributed by atoms with van der Waals surface area (Å²) in [6.07, 6.45) is -0.374. The molecule has 0 heterocycles. The summed E-state index contributed by atoms with van der Waals surface area (Å²) in [5, 5.41) is 21.3. The van der Waals surface area contributed by atoms with Crippen LogP contribution < -0.4 is 5.32 Å². The van der Waals surface area contributed by atoms with E-state index in [-0.39, 0.29) is 23.1 Å². The first-order valence-corrected chi connectivity index (χ1v) is 6.97. The third kappa shape index (κ3) is 4.60. The molecule has 112 valence electrons. The lowest BCUT2D eigenvalue weighted by Crippen LogP contribution is -2.34. The summed E-state index contributed by atoms with van der Waals surface area (Å²) >= 11 is 5.83. The van der Waals surface area contributed by atoms with Gasteiger partial charge in [-0.05, 0) is 42.4 Å². The highest BCUT2D eigenvalue weighted by Gasteiger charge is 2.28. The van der Waals surface area contributed by atoms with Crippen LogP contribution in [-0.4, -0.2) is 22.3 Å². The van der Waals surface area contributed by atoms with Crippen LogP contribution in [-0.2, 0) is 0 Å². The van der Waals surface area contributed by atoms with Crippen LogP contribution >= 0.6 is 11.6 Å². The van der Waals surface area contributed by atoms with Crippen LogP contribution in [0.15, 0.2) is 18.2 Å². The standard InChI is InChI=1S/C15H22ClNO3/c1-9(17-14(19)20)7-11(15(2,3)4)10-5-6-12(16)13(18)8-10/h5-6,8-9,11,17-18H,7H2,1-4H3,(H,19,20)/t9-,11?/m0/s1. The van der Waals surface area contributed by atoms with Crippen LogP contribution in [0.4, 0.5) is 4.79 Å². The molecule has 0 saturated carbocycles. The maximum absolute atomic E-state index is 10.7. The van der Waals surface area contributed by atoms with Crippen molar-refractivity contribution in [3.05, 3.63) is 28.8 Å². The molecule has 20 heavy (non-hydrogen) atoms. The Morgan fingerprint density at radius 2 is 2.00 bits per heavy atom. The molecule has 0 fully saturated rings. The lowest BCUT2D eigenvalue weighted by atomic mass is 9.73. The predicted molar refractivity (Wildman–Crippen MR) is 80.6 cm³/mol. The second-order valence-electron chi connectivity index (χ2n) is 6.22. The Bertz CT molecular complexity index is 482. The zero-order chi connectivity index (χ0) is 15.5. The zero-order valence-corrected chi connectivity index (χ0v) is 13.0. The average molecular weight is 300 g/mol. The largest absolute Gasteiger partial charge is 0.506 e. The lowest BCUT2D eigenvalue weighted by Gasteiger charge is -2.33. The first-order chi connectivity index (χ1) is 9.11. The van der Waals surface area contributed by atoms with Crippen LogP contribution in [0.25, 0.3) is 0 Å². The van der Waals surface area contributed by atoms with Gasteiger partial charge in [-0.15, -0.1) is 0 Å². The van der Waals surface area contributed by atoms with Crippen molar-refractivity contribution in [3.63, 3.8) is 0 Å². The third-order valence-electron chi connectivity index (χ3n) is 3.38. The summed E-state index contributed by atoms with van der Waals surface area (Å²) in [7, 11) is 0. The van der Waals surface area contributed by atoms with E-state index in [2.05, 4.69) is 26.1 Å². The second kappa shape index (κ2) is 6.35. The average Bonchev–Trinajstić information content (AvgIpc) is 2.27. The number of carbonyl (C=O) groups is 1. The van der Waals surface area contributed by atoms with Gasteiger partial charge in [0, 0.05) is 6.04 Å². The highest BCUT2D eigenvalue weighted by Crippen LogP contribution is 2.40. The minimum Gasteiger partial charge on any atom is -0.506 e. The van der Waals surface area contributed by atoms with Gasteiger partial charge in [-0.25, -0.2) is 4.79 Å². The van der Waals surface area contributed by atoms with Crippen molar-refractivity contribution in [1.29, 1.82) is 0 Å². The summed E-state index contributed by atoms with van der Waals surface area (Å²) in [6.45, 7) is 8.12. The molecule has 1 amide bonds. The molecule has 3 N–H and O–H groups in total. The van der Waals surface area contributed by atoms with Gasteiger partial charge in [0.25, 0.3) is 0 Å². The van der Waals surface area contributed by atoms with Gasteiger partial charge >= 0.3 is 6.09 Å². The van der Waals surface area contributed by atoms with Gasteiger partial charge in [0.15, 0.2) is 0 Å². The highest BCUT2D eigenvalue weighted by molar-refractivity contribution is 6.32. The molecule has 1 aromatic carbocycles. The Labute approximate surface area is 124 Å². The Balaban J connectivity index is 3.01. The third-order valence-corrected chi connectivity index (χ3v) is 3.70. The molecule has 5 heteroatoms.